The van der Waals surface area contributed by atoms with Gasteiger partial charge >= 0.3 is 0 Å². The van der Waals surface area contributed by atoms with Gasteiger partial charge in [0.1, 0.15) is 0 Å². The van der Waals surface area contributed by atoms with E-state index in [1.165, 1.54) is 18.3 Å². The summed E-state index contributed by atoms with van der Waals surface area (Å²) in [4.78, 5) is 11.9. The number of hydrogen-bond acceptors (Lipinski definition) is 5. The second-order valence-corrected chi connectivity index (χ2v) is 5.80. The highest BCUT2D eigenvalue weighted by Crippen LogP contribution is 2.22. The molecule has 0 spiro atoms. The number of nitrogens with zero attached hydrogens (tertiary/aromatic N) is 1. The quantitative estimate of drug-likeness (QED) is 0.882. The number of nitrogens with one attached hydrogen (secondary N) is 1. The average Bonchev–Trinajstić information content (AvgIpc) is 2.76. The van der Waals surface area contributed by atoms with E-state index in [4.69, 9.17) is 9.66 Å². The molecular formula is C12H13N3O4S. The molecule has 20 heavy (non-hydrogen) atoms. The molecule has 0 aliphatic rings. The van der Waals surface area contributed by atoms with Crippen molar-refractivity contribution in [1.82, 2.24) is 5.16 Å². The number of hydrogen-bond donors (Lipinski definition) is 2. The van der Waals surface area contributed by atoms with Gasteiger partial charge < -0.3 is 9.84 Å². The summed E-state index contributed by atoms with van der Waals surface area (Å²) in [7, 11) is -3.84. The number of benzene rings is 1. The fourth-order valence-corrected chi connectivity index (χ4v) is 2.55. The molecule has 1 aromatic heterocycles. The largest absolute Gasteiger partial charge is 0.351 e. The Morgan fingerprint density at radius 1 is 1.35 bits per heavy atom. The van der Waals surface area contributed by atoms with Gasteiger partial charge in [0.2, 0.25) is 15.8 Å². The van der Waals surface area contributed by atoms with Crippen LogP contribution in [0.2, 0.25) is 0 Å². The van der Waals surface area contributed by atoms with Crippen LogP contribution in [0.4, 0.5) is 5.69 Å². The molecule has 0 aliphatic heterocycles. The number of amides is 1. The van der Waals surface area contributed by atoms with Crippen LogP contribution in [0.1, 0.15) is 21.7 Å². The normalized spacial score (nSPS) is 11.3. The Bertz CT molecular complexity index is 765. The third-order valence-electron chi connectivity index (χ3n) is 2.79. The number of aryl methyl sites for hydroxylation is 1. The predicted octanol–water partition coefficient (Wildman–Crippen LogP) is 1.19. The van der Waals surface area contributed by atoms with Crippen LogP contribution in [-0.4, -0.2) is 19.5 Å². The molecule has 1 heterocycles. The van der Waals surface area contributed by atoms with Crippen LogP contribution in [-0.2, 0) is 10.0 Å². The molecule has 0 saturated carbocycles. The summed E-state index contributed by atoms with van der Waals surface area (Å²) < 4.78 is 27.7. The van der Waals surface area contributed by atoms with Crippen LogP contribution >= 0.6 is 0 Å². The summed E-state index contributed by atoms with van der Waals surface area (Å²) in [6, 6.07) is 4.45. The molecule has 1 amide bonds. The summed E-state index contributed by atoms with van der Waals surface area (Å²) in [5.74, 6) is -0.430. The Morgan fingerprint density at radius 2 is 2.05 bits per heavy atom. The van der Waals surface area contributed by atoms with Gasteiger partial charge in [-0.15, -0.1) is 0 Å². The number of carbonyl (C=O) groups excluding carboxylic acids is 1. The third kappa shape index (κ3) is 2.70. The highest BCUT2D eigenvalue weighted by atomic mass is 32.2. The Kier molecular flexibility index (Phi) is 3.60. The summed E-state index contributed by atoms with van der Waals surface area (Å²) in [5, 5.41) is 11.2. The molecule has 0 radical (unpaired) electrons. The zero-order valence-electron chi connectivity index (χ0n) is 10.9. The summed E-state index contributed by atoms with van der Waals surface area (Å²) in [6.45, 7) is 3.24. The van der Waals surface area contributed by atoms with Gasteiger partial charge in [0, 0.05) is 11.3 Å². The van der Waals surface area contributed by atoms with E-state index in [0.29, 0.717) is 16.8 Å². The fraction of sp³-hybridized carbons (Fsp3) is 0.167. The first-order valence-corrected chi connectivity index (χ1v) is 7.20. The molecule has 0 atom stereocenters. The maximum Gasteiger partial charge on any atom is 0.294 e. The van der Waals surface area contributed by atoms with E-state index in [0.717, 1.165) is 0 Å². The molecule has 1 aromatic carbocycles. The minimum absolute atomic E-state index is 0.0374. The molecule has 0 saturated heterocycles. The van der Waals surface area contributed by atoms with E-state index in [-0.39, 0.29) is 10.7 Å². The van der Waals surface area contributed by atoms with E-state index < -0.39 is 15.9 Å². The zero-order valence-corrected chi connectivity index (χ0v) is 11.7. The van der Waals surface area contributed by atoms with Gasteiger partial charge in [-0.3, -0.25) is 4.79 Å². The summed E-state index contributed by atoms with van der Waals surface area (Å²) in [5.41, 5.74) is 1.29. The second-order valence-electron chi connectivity index (χ2n) is 4.27. The highest BCUT2D eigenvalue weighted by molar-refractivity contribution is 7.89. The standard InChI is InChI=1S/C12H13N3O4S/c1-7-6-14-19-11(7)12(16)15-9-4-3-5-10(8(9)2)20(13,17)18/h3-6H,1-2H3,(H,15,16)(H2,13,17,18). The van der Waals surface area contributed by atoms with Crippen LogP contribution in [0.25, 0.3) is 0 Å². The SMILES string of the molecule is Cc1cnoc1C(=O)Nc1cccc(S(N)(=O)=O)c1C. The van der Waals surface area contributed by atoms with E-state index in [9.17, 15) is 13.2 Å². The molecule has 0 bridgehead atoms. The minimum atomic E-state index is -3.84. The lowest BCUT2D eigenvalue weighted by molar-refractivity contribution is 0.0987. The van der Waals surface area contributed by atoms with E-state index in [1.54, 1.807) is 19.9 Å². The molecule has 106 valence electrons. The third-order valence-corrected chi connectivity index (χ3v) is 3.85. The molecular weight excluding hydrogens is 282 g/mol. The van der Waals surface area contributed by atoms with Crippen LogP contribution < -0.4 is 10.5 Å². The molecule has 2 aromatic rings. The second kappa shape index (κ2) is 5.06. The molecule has 0 unspecified atom stereocenters. The Hall–Kier alpha value is -2.19. The van der Waals surface area contributed by atoms with E-state index in [2.05, 4.69) is 10.5 Å². The molecule has 8 heteroatoms. The van der Waals surface area contributed by atoms with Gasteiger partial charge in [-0.25, -0.2) is 13.6 Å². The van der Waals surface area contributed by atoms with Crippen molar-refractivity contribution in [2.75, 3.05) is 5.32 Å². The van der Waals surface area contributed by atoms with Gasteiger partial charge in [-0.2, -0.15) is 0 Å². The van der Waals surface area contributed by atoms with Crippen molar-refractivity contribution in [1.29, 1.82) is 0 Å². The summed E-state index contributed by atoms with van der Waals surface area (Å²) in [6.07, 6.45) is 1.42. The lowest BCUT2D eigenvalue weighted by Gasteiger charge is -2.10. The van der Waals surface area contributed by atoms with Crippen molar-refractivity contribution in [3.8, 4) is 0 Å². The molecule has 7 nitrogen and oxygen atoms in total. The number of aromatic nitrogens is 1. The number of primary sulfonamides is 1. The lowest BCUT2D eigenvalue weighted by Crippen LogP contribution is -2.17. The van der Waals surface area contributed by atoms with E-state index in [1.807, 2.05) is 0 Å². The number of sulfonamides is 1. The van der Waals surface area contributed by atoms with Crippen LogP contribution in [0.15, 0.2) is 33.8 Å². The van der Waals surface area contributed by atoms with Gasteiger partial charge in [-0.1, -0.05) is 11.2 Å². The number of nitrogens with two attached hydrogens (primary N) is 1. The highest BCUT2D eigenvalue weighted by Gasteiger charge is 2.18. The van der Waals surface area contributed by atoms with Crippen LogP contribution in [0.5, 0.6) is 0 Å². The fourth-order valence-electron chi connectivity index (χ4n) is 1.75. The van der Waals surface area contributed by atoms with Crippen molar-refractivity contribution in [3.63, 3.8) is 0 Å². The first-order valence-electron chi connectivity index (χ1n) is 5.65. The van der Waals surface area contributed by atoms with Gasteiger partial charge in [0.05, 0.1) is 11.1 Å². The topological polar surface area (TPSA) is 115 Å². The first kappa shape index (κ1) is 14.2. The van der Waals surface area contributed by atoms with Crippen LogP contribution in [0, 0.1) is 13.8 Å². The van der Waals surface area contributed by atoms with Crippen molar-refractivity contribution < 1.29 is 17.7 Å². The minimum Gasteiger partial charge on any atom is -0.351 e. The Morgan fingerprint density at radius 3 is 2.60 bits per heavy atom. The van der Waals surface area contributed by atoms with Crippen LogP contribution in [0.3, 0.4) is 0 Å². The van der Waals surface area contributed by atoms with Gasteiger partial charge in [-0.05, 0) is 31.5 Å². The van der Waals surface area contributed by atoms with E-state index >= 15 is 0 Å². The average molecular weight is 295 g/mol. The van der Waals surface area contributed by atoms with Crippen molar-refractivity contribution in [2.45, 2.75) is 18.7 Å². The van der Waals surface area contributed by atoms with Crippen molar-refractivity contribution in [2.24, 2.45) is 5.14 Å². The summed E-state index contributed by atoms with van der Waals surface area (Å²) >= 11 is 0. The maximum atomic E-state index is 12.0. The first-order chi connectivity index (χ1) is 9.30. The number of rotatable bonds is 3. The van der Waals surface area contributed by atoms with Gasteiger partial charge in [0.15, 0.2) is 0 Å². The predicted molar refractivity (Wildman–Crippen MR) is 71.7 cm³/mol. The molecule has 0 aliphatic carbocycles. The molecule has 2 rings (SSSR count). The Labute approximate surface area is 115 Å². The number of anilines is 1. The molecule has 0 fully saturated rings. The zero-order chi connectivity index (χ0) is 14.9. The smallest absolute Gasteiger partial charge is 0.294 e. The van der Waals surface area contributed by atoms with Crippen molar-refractivity contribution in [3.05, 3.63) is 41.3 Å². The van der Waals surface area contributed by atoms with Crippen molar-refractivity contribution >= 4 is 21.6 Å². The van der Waals surface area contributed by atoms with Gasteiger partial charge in [0.25, 0.3) is 5.91 Å². The number of carbonyl (C=O) groups is 1. The molecule has 3 N–H and O–H groups in total. The maximum absolute atomic E-state index is 12.0. The monoisotopic (exact) mass is 295 g/mol. The Balaban J connectivity index is 2.36. The lowest BCUT2D eigenvalue weighted by atomic mass is 10.2.